The topological polar surface area (TPSA) is 82.0 Å². The van der Waals surface area contributed by atoms with Crippen molar-refractivity contribution in [2.45, 2.75) is 32.1 Å². The number of anilines is 1. The van der Waals surface area contributed by atoms with Crippen molar-refractivity contribution in [1.82, 2.24) is 4.98 Å². The van der Waals surface area contributed by atoms with Crippen molar-refractivity contribution in [3.05, 3.63) is 23.9 Å². The monoisotopic (exact) mass is 221 g/mol. The van der Waals surface area contributed by atoms with Gasteiger partial charge in [0.15, 0.2) is 5.78 Å². The summed E-state index contributed by atoms with van der Waals surface area (Å²) in [4.78, 5) is 15.7. The molecule has 1 heterocycles. The van der Waals surface area contributed by atoms with E-state index in [1.54, 1.807) is 18.3 Å². The molecular formula is C12H19N3O. The van der Waals surface area contributed by atoms with Gasteiger partial charge in [0, 0.05) is 12.6 Å². The summed E-state index contributed by atoms with van der Waals surface area (Å²) < 4.78 is 0. The highest BCUT2D eigenvalue weighted by atomic mass is 16.1. The second-order valence-electron chi connectivity index (χ2n) is 3.81. The molecule has 0 atom stereocenters. The molecule has 0 saturated heterocycles. The standard InChI is InChI=1S/C12H19N3O/c13-8-4-2-1-3-7-11(16)10-6-5-9-15-12(10)14/h5-6,9H,1-4,7-8,13H2,(H2,14,15). The number of hydrogen-bond acceptors (Lipinski definition) is 4. The average molecular weight is 221 g/mol. The maximum Gasteiger partial charge on any atom is 0.166 e. The van der Waals surface area contributed by atoms with Crippen LogP contribution in [0.15, 0.2) is 18.3 Å². The summed E-state index contributed by atoms with van der Waals surface area (Å²) in [6, 6.07) is 3.46. The maximum atomic E-state index is 11.8. The predicted molar refractivity (Wildman–Crippen MR) is 65.1 cm³/mol. The van der Waals surface area contributed by atoms with Crippen molar-refractivity contribution in [2.75, 3.05) is 12.3 Å². The maximum absolute atomic E-state index is 11.8. The van der Waals surface area contributed by atoms with Gasteiger partial charge in [0.25, 0.3) is 0 Å². The Kier molecular flexibility index (Phi) is 5.50. The van der Waals surface area contributed by atoms with Crippen LogP contribution in [0.5, 0.6) is 0 Å². The Morgan fingerprint density at radius 1 is 1.25 bits per heavy atom. The largest absolute Gasteiger partial charge is 0.383 e. The van der Waals surface area contributed by atoms with Crippen molar-refractivity contribution in [2.24, 2.45) is 5.73 Å². The van der Waals surface area contributed by atoms with E-state index < -0.39 is 0 Å². The van der Waals surface area contributed by atoms with Gasteiger partial charge in [-0.2, -0.15) is 0 Å². The Balaban J connectivity index is 2.33. The molecule has 0 aliphatic heterocycles. The van der Waals surface area contributed by atoms with Crippen LogP contribution in [0.3, 0.4) is 0 Å². The Morgan fingerprint density at radius 3 is 2.69 bits per heavy atom. The van der Waals surface area contributed by atoms with E-state index in [9.17, 15) is 4.79 Å². The van der Waals surface area contributed by atoms with Crippen molar-refractivity contribution >= 4 is 11.6 Å². The lowest BCUT2D eigenvalue weighted by atomic mass is 10.0. The van der Waals surface area contributed by atoms with Crippen LogP contribution in [0, 0.1) is 0 Å². The number of ketones is 1. The molecule has 88 valence electrons. The van der Waals surface area contributed by atoms with Crippen molar-refractivity contribution < 1.29 is 4.79 Å². The minimum Gasteiger partial charge on any atom is -0.383 e. The molecule has 0 bridgehead atoms. The lowest BCUT2D eigenvalue weighted by Gasteiger charge is -2.03. The molecular weight excluding hydrogens is 202 g/mol. The quantitative estimate of drug-likeness (QED) is 0.543. The number of carbonyl (C=O) groups is 1. The molecule has 1 rings (SSSR count). The first kappa shape index (κ1) is 12.6. The second-order valence-corrected chi connectivity index (χ2v) is 3.81. The Hall–Kier alpha value is -1.42. The third kappa shape index (κ3) is 3.98. The van der Waals surface area contributed by atoms with Crippen LogP contribution >= 0.6 is 0 Å². The van der Waals surface area contributed by atoms with Crippen LogP contribution in [-0.4, -0.2) is 17.3 Å². The molecule has 0 saturated carbocycles. The average Bonchev–Trinajstić information content (AvgIpc) is 2.29. The summed E-state index contributed by atoms with van der Waals surface area (Å²) in [5.41, 5.74) is 11.6. The molecule has 4 nitrogen and oxygen atoms in total. The van der Waals surface area contributed by atoms with Gasteiger partial charge >= 0.3 is 0 Å². The number of carbonyl (C=O) groups excluding carboxylic acids is 1. The Labute approximate surface area is 96.0 Å². The molecule has 0 spiro atoms. The van der Waals surface area contributed by atoms with E-state index in [4.69, 9.17) is 11.5 Å². The first-order valence-corrected chi connectivity index (χ1v) is 5.69. The molecule has 0 radical (unpaired) electrons. The molecule has 0 unspecified atom stereocenters. The Bertz CT molecular complexity index is 339. The van der Waals surface area contributed by atoms with Crippen LogP contribution in [0.2, 0.25) is 0 Å². The van der Waals surface area contributed by atoms with Gasteiger partial charge in [-0.25, -0.2) is 4.98 Å². The third-order valence-electron chi connectivity index (χ3n) is 2.50. The fraction of sp³-hybridized carbons (Fsp3) is 0.500. The summed E-state index contributed by atoms with van der Waals surface area (Å²) >= 11 is 0. The molecule has 0 aliphatic rings. The number of unbranched alkanes of at least 4 members (excludes halogenated alkanes) is 3. The summed E-state index contributed by atoms with van der Waals surface area (Å²) in [7, 11) is 0. The smallest absolute Gasteiger partial charge is 0.166 e. The lowest BCUT2D eigenvalue weighted by molar-refractivity contribution is 0.0979. The van der Waals surface area contributed by atoms with E-state index in [-0.39, 0.29) is 5.78 Å². The first-order chi connectivity index (χ1) is 7.75. The number of nitrogens with two attached hydrogens (primary N) is 2. The number of rotatable bonds is 7. The van der Waals surface area contributed by atoms with Crippen molar-refractivity contribution in [1.29, 1.82) is 0 Å². The molecule has 4 N–H and O–H groups in total. The fourth-order valence-electron chi connectivity index (χ4n) is 1.57. The summed E-state index contributed by atoms with van der Waals surface area (Å²) in [5.74, 6) is 0.410. The van der Waals surface area contributed by atoms with Gasteiger partial charge in [-0.1, -0.05) is 12.8 Å². The summed E-state index contributed by atoms with van der Waals surface area (Å²) in [6.45, 7) is 0.726. The fourth-order valence-corrected chi connectivity index (χ4v) is 1.57. The third-order valence-corrected chi connectivity index (χ3v) is 2.50. The van der Waals surface area contributed by atoms with E-state index in [2.05, 4.69) is 4.98 Å². The molecule has 1 aromatic heterocycles. The number of Topliss-reactive ketones (excluding diaryl/α,β-unsaturated/α-hetero) is 1. The van der Waals surface area contributed by atoms with E-state index in [1.807, 2.05) is 0 Å². The van der Waals surface area contributed by atoms with Crippen molar-refractivity contribution in [3.63, 3.8) is 0 Å². The highest BCUT2D eigenvalue weighted by Gasteiger charge is 2.08. The van der Waals surface area contributed by atoms with Gasteiger partial charge in [-0.15, -0.1) is 0 Å². The van der Waals surface area contributed by atoms with Gasteiger partial charge in [-0.3, -0.25) is 4.79 Å². The van der Waals surface area contributed by atoms with E-state index in [1.165, 1.54) is 0 Å². The molecule has 4 heteroatoms. The summed E-state index contributed by atoms with van der Waals surface area (Å²) in [5, 5.41) is 0. The molecule has 0 fully saturated rings. The number of hydrogen-bond donors (Lipinski definition) is 2. The zero-order valence-electron chi connectivity index (χ0n) is 9.48. The first-order valence-electron chi connectivity index (χ1n) is 5.69. The normalized spacial score (nSPS) is 10.3. The minimum absolute atomic E-state index is 0.0818. The number of nitrogen functional groups attached to an aromatic ring is 1. The SMILES string of the molecule is NCCCCCCC(=O)c1cccnc1N. The van der Waals surface area contributed by atoms with Crippen LogP contribution < -0.4 is 11.5 Å². The number of aromatic nitrogens is 1. The number of pyridine rings is 1. The van der Waals surface area contributed by atoms with Crippen LogP contribution in [0.25, 0.3) is 0 Å². The van der Waals surface area contributed by atoms with E-state index in [0.29, 0.717) is 17.8 Å². The summed E-state index contributed by atoms with van der Waals surface area (Å²) in [6.07, 6.45) is 6.19. The molecule has 16 heavy (non-hydrogen) atoms. The zero-order valence-corrected chi connectivity index (χ0v) is 9.48. The van der Waals surface area contributed by atoms with Crippen LogP contribution in [-0.2, 0) is 0 Å². The van der Waals surface area contributed by atoms with Crippen LogP contribution in [0.1, 0.15) is 42.5 Å². The highest BCUT2D eigenvalue weighted by Crippen LogP contribution is 2.12. The van der Waals surface area contributed by atoms with E-state index in [0.717, 1.165) is 32.2 Å². The lowest BCUT2D eigenvalue weighted by Crippen LogP contribution is -2.05. The van der Waals surface area contributed by atoms with Gasteiger partial charge in [-0.05, 0) is 31.5 Å². The zero-order chi connectivity index (χ0) is 11.8. The minimum atomic E-state index is 0.0818. The molecule has 1 aromatic rings. The van der Waals surface area contributed by atoms with Gasteiger partial charge in [0.2, 0.25) is 0 Å². The molecule has 0 aromatic carbocycles. The highest BCUT2D eigenvalue weighted by molar-refractivity contribution is 5.99. The van der Waals surface area contributed by atoms with Gasteiger partial charge in [0.1, 0.15) is 5.82 Å². The molecule has 0 aliphatic carbocycles. The molecule has 0 amide bonds. The van der Waals surface area contributed by atoms with Crippen molar-refractivity contribution in [3.8, 4) is 0 Å². The predicted octanol–water partition coefficient (Wildman–Crippen LogP) is 1.76. The number of nitrogens with zero attached hydrogens (tertiary/aromatic N) is 1. The second kappa shape index (κ2) is 6.95. The van der Waals surface area contributed by atoms with Crippen LogP contribution in [0.4, 0.5) is 5.82 Å². The van der Waals surface area contributed by atoms with E-state index >= 15 is 0 Å². The van der Waals surface area contributed by atoms with Gasteiger partial charge < -0.3 is 11.5 Å². The van der Waals surface area contributed by atoms with Gasteiger partial charge in [0.05, 0.1) is 5.56 Å². The Morgan fingerprint density at radius 2 is 2.00 bits per heavy atom.